The molecule has 0 saturated carbocycles. The number of benzene rings is 1. The molecule has 3 rings (SSSR count). The maximum Gasteiger partial charge on any atom is 0.408 e. The van der Waals surface area contributed by atoms with Gasteiger partial charge in [0, 0.05) is 26.0 Å². The molecule has 0 aliphatic carbocycles. The van der Waals surface area contributed by atoms with Crippen LogP contribution in [0.15, 0.2) is 30.6 Å². The van der Waals surface area contributed by atoms with Crippen LogP contribution >= 0.6 is 0 Å². The summed E-state index contributed by atoms with van der Waals surface area (Å²) < 4.78 is 55.5. The molecular weight excluding hydrogens is 434 g/mol. The number of anilines is 1. The summed E-state index contributed by atoms with van der Waals surface area (Å²) in [6.07, 6.45) is -2.95. The minimum atomic E-state index is -4.54. The number of carbonyl (C=O) groups is 2. The molecule has 2 aromatic heterocycles. The molecule has 0 fully saturated rings. The number of fused-ring (bicyclic) bond motifs is 1. The standard InChI is InChI=1S/C19H21F4N7O2/c1-10(17(28-18(32)27-11(2)31)30-16(24-3)4-5-25-30)12-6-14(20)13-8-26-29(15(13)7-12)9-19(21,22)23/h4-8,10,17,24H,9H2,1-3H3,(H2,27,28,31,32)/t10-,17?/m0/s1. The first-order chi connectivity index (χ1) is 15.0. The molecule has 0 aliphatic rings. The fourth-order valence-electron chi connectivity index (χ4n) is 3.36. The van der Waals surface area contributed by atoms with Crippen LogP contribution in [-0.2, 0) is 11.3 Å². The Morgan fingerprint density at radius 1 is 1.22 bits per heavy atom. The van der Waals surface area contributed by atoms with Crippen LogP contribution in [0.1, 0.15) is 31.5 Å². The average molecular weight is 455 g/mol. The lowest BCUT2D eigenvalue weighted by Gasteiger charge is -2.27. The lowest BCUT2D eigenvalue weighted by molar-refractivity contribution is -0.141. The number of rotatable bonds is 6. The number of nitrogens with zero attached hydrogens (tertiary/aromatic N) is 4. The average Bonchev–Trinajstić information content (AvgIpc) is 3.31. The smallest absolute Gasteiger partial charge is 0.373 e. The molecule has 0 aliphatic heterocycles. The second kappa shape index (κ2) is 8.85. The topological polar surface area (TPSA) is 106 Å². The van der Waals surface area contributed by atoms with E-state index in [1.807, 2.05) is 0 Å². The summed E-state index contributed by atoms with van der Waals surface area (Å²) in [5.74, 6) is -1.51. The molecule has 0 saturated heterocycles. The van der Waals surface area contributed by atoms with E-state index in [1.165, 1.54) is 23.0 Å². The second-order valence-corrected chi connectivity index (χ2v) is 7.15. The van der Waals surface area contributed by atoms with Crippen LogP contribution in [0.2, 0.25) is 0 Å². The van der Waals surface area contributed by atoms with Gasteiger partial charge in [-0.1, -0.05) is 6.92 Å². The van der Waals surface area contributed by atoms with Gasteiger partial charge >= 0.3 is 12.2 Å². The molecule has 1 aromatic carbocycles. The van der Waals surface area contributed by atoms with Crippen LogP contribution in [0.4, 0.5) is 28.2 Å². The molecular formula is C19H21F4N7O2. The lowest BCUT2D eigenvalue weighted by Crippen LogP contribution is -2.44. The third-order valence-electron chi connectivity index (χ3n) is 4.82. The SMILES string of the molecule is CNc1ccnn1C(NC(=O)NC(C)=O)[C@@H](C)c1cc(F)c2cnn(CC(F)(F)F)c2c1. The zero-order valence-corrected chi connectivity index (χ0v) is 17.4. The minimum absolute atomic E-state index is 0.0367. The monoisotopic (exact) mass is 455 g/mol. The molecule has 3 aromatic rings. The molecule has 0 bridgehead atoms. The summed E-state index contributed by atoms with van der Waals surface area (Å²) >= 11 is 0. The normalized spacial score (nSPS) is 13.6. The highest BCUT2D eigenvalue weighted by atomic mass is 19.4. The van der Waals surface area contributed by atoms with E-state index in [9.17, 15) is 27.2 Å². The van der Waals surface area contributed by atoms with Crippen molar-refractivity contribution in [2.24, 2.45) is 0 Å². The first-order valence-electron chi connectivity index (χ1n) is 9.51. The van der Waals surface area contributed by atoms with Gasteiger partial charge in [-0.2, -0.15) is 23.4 Å². The van der Waals surface area contributed by atoms with Crippen molar-refractivity contribution < 1.29 is 27.2 Å². The molecule has 13 heteroatoms. The van der Waals surface area contributed by atoms with E-state index >= 15 is 0 Å². The van der Waals surface area contributed by atoms with E-state index < -0.39 is 42.6 Å². The van der Waals surface area contributed by atoms with Crippen LogP contribution in [0, 0.1) is 5.82 Å². The van der Waals surface area contributed by atoms with Crippen LogP contribution in [-0.4, -0.2) is 44.7 Å². The molecule has 3 N–H and O–H groups in total. The predicted molar refractivity (Wildman–Crippen MR) is 107 cm³/mol. The van der Waals surface area contributed by atoms with Gasteiger partial charge in [-0.25, -0.2) is 13.9 Å². The zero-order chi connectivity index (χ0) is 23.6. The van der Waals surface area contributed by atoms with Gasteiger partial charge < -0.3 is 10.6 Å². The second-order valence-electron chi connectivity index (χ2n) is 7.15. The quantitative estimate of drug-likeness (QED) is 0.496. The van der Waals surface area contributed by atoms with Crippen LogP contribution in [0.25, 0.3) is 10.9 Å². The molecule has 0 spiro atoms. The van der Waals surface area contributed by atoms with Gasteiger partial charge in [0.05, 0.1) is 23.3 Å². The number of amides is 3. The zero-order valence-electron chi connectivity index (χ0n) is 17.4. The van der Waals surface area contributed by atoms with E-state index in [0.717, 1.165) is 13.1 Å². The van der Waals surface area contributed by atoms with E-state index in [4.69, 9.17) is 0 Å². The Balaban J connectivity index is 2.04. The predicted octanol–water partition coefficient (Wildman–Crippen LogP) is 3.12. The van der Waals surface area contributed by atoms with Crippen molar-refractivity contribution in [2.75, 3.05) is 12.4 Å². The van der Waals surface area contributed by atoms with Crippen molar-refractivity contribution in [1.29, 1.82) is 0 Å². The van der Waals surface area contributed by atoms with Crippen molar-refractivity contribution in [1.82, 2.24) is 30.2 Å². The first-order valence-corrected chi connectivity index (χ1v) is 9.51. The fraction of sp³-hybridized carbons (Fsp3) is 0.368. The van der Waals surface area contributed by atoms with Gasteiger partial charge in [-0.15, -0.1) is 0 Å². The van der Waals surface area contributed by atoms with Gasteiger partial charge in [-0.3, -0.25) is 14.8 Å². The molecule has 3 amide bonds. The number of aromatic nitrogens is 4. The Hall–Kier alpha value is -3.64. The van der Waals surface area contributed by atoms with Gasteiger partial charge in [0.1, 0.15) is 24.3 Å². The van der Waals surface area contributed by atoms with E-state index in [2.05, 4.69) is 26.1 Å². The van der Waals surface area contributed by atoms with Gasteiger partial charge in [-0.05, 0) is 17.7 Å². The molecule has 2 atom stereocenters. The highest BCUT2D eigenvalue weighted by Gasteiger charge is 2.31. The Bertz CT molecular complexity index is 1140. The highest BCUT2D eigenvalue weighted by Crippen LogP contribution is 2.32. The summed E-state index contributed by atoms with van der Waals surface area (Å²) in [5, 5.41) is 15.4. The maximum absolute atomic E-state index is 14.7. The lowest BCUT2D eigenvalue weighted by atomic mass is 9.96. The van der Waals surface area contributed by atoms with E-state index in [1.54, 1.807) is 20.0 Å². The summed E-state index contributed by atoms with van der Waals surface area (Å²) in [7, 11) is 1.63. The third-order valence-corrected chi connectivity index (χ3v) is 4.82. The van der Waals surface area contributed by atoms with Gasteiger partial charge in [0.2, 0.25) is 5.91 Å². The number of hydrogen-bond acceptors (Lipinski definition) is 5. The van der Waals surface area contributed by atoms with Crippen LogP contribution in [0.5, 0.6) is 0 Å². The Kier molecular flexibility index (Phi) is 6.37. The number of alkyl halides is 3. The van der Waals surface area contributed by atoms with Crippen molar-refractivity contribution in [3.05, 3.63) is 42.0 Å². The Morgan fingerprint density at radius 3 is 2.56 bits per heavy atom. The van der Waals surface area contributed by atoms with Crippen molar-refractivity contribution in [3.8, 4) is 0 Å². The summed E-state index contributed by atoms with van der Waals surface area (Å²) in [5.41, 5.74) is 0.259. The third kappa shape index (κ3) is 4.98. The largest absolute Gasteiger partial charge is 0.408 e. The molecule has 0 radical (unpaired) electrons. The molecule has 9 nitrogen and oxygen atoms in total. The van der Waals surface area contributed by atoms with Crippen LogP contribution in [0.3, 0.4) is 0 Å². The number of imide groups is 1. The molecule has 2 heterocycles. The number of hydrogen-bond donors (Lipinski definition) is 3. The number of nitrogens with one attached hydrogen (secondary N) is 3. The minimum Gasteiger partial charge on any atom is -0.373 e. The number of urea groups is 1. The Morgan fingerprint density at radius 2 is 1.94 bits per heavy atom. The first kappa shape index (κ1) is 23.0. The van der Waals surface area contributed by atoms with Crippen LogP contribution < -0.4 is 16.0 Å². The number of carbonyl (C=O) groups excluding carboxylic acids is 2. The molecule has 32 heavy (non-hydrogen) atoms. The highest BCUT2D eigenvalue weighted by molar-refractivity contribution is 5.93. The van der Waals surface area contributed by atoms with E-state index in [0.29, 0.717) is 16.1 Å². The van der Waals surface area contributed by atoms with Gasteiger partial charge in [0.15, 0.2) is 0 Å². The Labute approximate surface area is 179 Å². The number of halogens is 4. The van der Waals surface area contributed by atoms with E-state index in [-0.39, 0.29) is 10.9 Å². The van der Waals surface area contributed by atoms with Gasteiger partial charge in [0.25, 0.3) is 0 Å². The maximum atomic E-state index is 14.7. The molecule has 1 unspecified atom stereocenters. The summed E-state index contributed by atoms with van der Waals surface area (Å²) in [4.78, 5) is 23.5. The van der Waals surface area contributed by atoms with Crippen molar-refractivity contribution in [2.45, 2.75) is 38.7 Å². The fourth-order valence-corrected chi connectivity index (χ4v) is 3.36. The molecule has 172 valence electrons. The van der Waals surface area contributed by atoms with Crippen molar-refractivity contribution >= 4 is 28.7 Å². The summed E-state index contributed by atoms with van der Waals surface area (Å²) in [6.45, 7) is 1.43. The van der Waals surface area contributed by atoms with Crippen molar-refractivity contribution in [3.63, 3.8) is 0 Å². The summed E-state index contributed by atoms with van der Waals surface area (Å²) in [6, 6.07) is 3.39.